The van der Waals surface area contributed by atoms with Crippen molar-refractivity contribution in [3.8, 4) is 23.0 Å². The van der Waals surface area contributed by atoms with Crippen molar-refractivity contribution in [3.05, 3.63) is 54.0 Å². The number of benzene rings is 1. The molecule has 2 heterocycles. The molecule has 0 bridgehead atoms. The van der Waals surface area contributed by atoms with E-state index in [1.165, 1.54) is 19.4 Å². The van der Waals surface area contributed by atoms with Gasteiger partial charge in [-0.3, -0.25) is 0 Å². The molecule has 1 atom stereocenters. The lowest BCUT2D eigenvalue weighted by Crippen LogP contribution is -2.15. The Hall–Kier alpha value is -2.90. The van der Waals surface area contributed by atoms with Crippen LogP contribution >= 0.6 is 0 Å². The molecule has 2 N–H and O–H groups in total. The quantitative estimate of drug-likeness (QED) is 0.819. The molecule has 1 aromatic heterocycles. The van der Waals surface area contributed by atoms with E-state index in [4.69, 9.17) is 19.9 Å². The van der Waals surface area contributed by atoms with Crippen LogP contribution in [0.1, 0.15) is 30.0 Å². The number of fused-ring (bicyclic) bond motifs is 1. The van der Waals surface area contributed by atoms with E-state index in [-0.39, 0.29) is 11.7 Å². The molecule has 0 saturated heterocycles. The molecule has 2 aromatic rings. The van der Waals surface area contributed by atoms with Gasteiger partial charge in [-0.2, -0.15) is 13.2 Å². The summed E-state index contributed by atoms with van der Waals surface area (Å²) in [5.74, 6) is 1.72. The molecule has 144 valence electrons. The molecule has 27 heavy (non-hydrogen) atoms. The molecule has 1 aliphatic rings. The van der Waals surface area contributed by atoms with Gasteiger partial charge in [-0.1, -0.05) is 12.1 Å². The molecule has 8 heteroatoms. The average Bonchev–Trinajstić information content (AvgIpc) is 2.65. The van der Waals surface area contributed by atoms with Crippen LogP contribution in [0.15, 0.2) is 42.7 Å². The van der Waals surface area contributed by atoms with Crippen molar-refractivity contribution in [3.63, 3.8) is 0 Å². The fourth-order valence-corrected chi connectivity index (χ4v) is 2.99. The van der Waals surface area contributed by atoms with E-state index in [1.54, 1.807) is 6.07 Å². The van der Waals surface area contributed by atoms with Crippen LogP contribution in [0, 0.1) is 0 Å². The number of ether oxygens (including phenoxy) is 3. The minimum Gasteiger partial charge on any atom is -0.490 e. The minimum atomic E-state index is -4.50. The van der Waals surface area contributed by atoms with Crippen molar-refractivity contribution in [2.75, 3.05) is 13.7 Å². The maximum Gasteiger partial charge on any atom is 0.433 e. The summed E-state index contributed by atoms with van der Waals surface area (Å²) >= 11 is 0. The van der Waals surface area contributed by atoms with Gasteiger partial charge < -0.3 is 19.9 Å². The van der Waals surface area contributed by atoms with E-state index < -0.39 is 11.9 Å². The zero-order valence-corrected chi connectivity index (χ0v) is 14.6. The predicted molar refractivity (Wildman–Crippen MR) is 93.1 cm³/mol. The average molecular weight is 380 g/mol. The highest BCUT2D eigenvalue weighted by molar-refractivity contribution is 5.58. The van der Waals surface area contributed by atoms with Crippen molar-refractivity contribution in [2.24, 2.45) is 5.73 Å². The fourth-order valence-electron chi connectivity index (χ4n) is 2.99. The van der Waals surface area contributed by atoms with Crippen LogP contribution in [0.3, 0.4) is 0 Å². The first-order valence-corrected chi connectivity index (χ1v) is 8.35. The molecule has 0 fully saturated rings. The van der Waals surface area contributed by atoms with Crippen molar-refractivity contribution < 1.29 is 27.4 Å². The zero-order chi connectivity index (χ0) is 19.4. The highest BCUT2D eigenvalue weighted by Crippen LogP contribution is 2.47. The van der Waals surface area contributed by atoms with Gasteiger partial charge >= 0.3 is 6.18 Å². The number of methoxy groups -OCH3 is 1. The van der Waals surface area contributed by atoms with Gasteiger partial charge in [-0.05, 0) is 43.2 Å². The van der Waals surface area contributed by atoms with Gasteiger partial charge in [0, 0.05) is 5.56 Å². The van der Waals surface area contributed by atoms with Gasteiger partial charge in [0.15, 0.2) is 11.5 Å². The third-order valence-electron chi connectivity index (χ3n) is 4.27. The minimum absolute atomic E-state index is 0.166. The van der Waals surface area contributed by atoms with E-state index in [9.17, 15) is 13.2 Å². The number of halogens is 3. The van der Waals surface area contributed by atoms with Crippen LogP contribution in [0.5, 0.6) is 23.0 Å². The second kappa shape index (κ2) is 7.77. The molecule has 0 spiro atoms. The lowest BCUT2D eigenvalue weighted by molar-refractivity contribution is -0.141. The molecule has 0 aliphatic carbocycles. The summed E-state index contributed by atoms with van der Waals surface area (Å²) in [6.07, 6.45) is 1.56. The molecule has 5 nitrogen and oxygen atoms in total. The largest absolute Gasteiger partial charge is 0.490 e. The Balaban J connectivity index is 1.88. The molecule has 1 unspecified atom stereocenters. The first-order valence-electron chi connectivity index (χ1n) is 8.35. The summed E-state index contributed by atoms with van der Waals surface area (Å²) in [6.45, 7) is 0.526. The number of allylic oxidation sites excluding steroid dienone is 1. The van der Waals surface area contributed by atoms with Crippen LogP contribution in [0.4, 0.5) is 13.2 Å². The lowest BCUT2D eigenvalue weighted by Gasteiger charge is -2.27. The van der Waals surface area contributed by atoms with Crippen LogP contribution in [0.2, 0.25) is 0 Å². The number of nitrogens with zero attached hydrogens (tertiary/aromatic N) is 1. The maximum absolute atomic E-state index is 12.6. The van der Waals surface area contributed by atoms with Gasteiger partial charge in [0.25, 0.3) is 0 Å². The zero-order valence-electron chi connectivity index (χ0n) is 14.6. The Morgan fingerprint density at radius 3 is 2.74 bits per heavy atom. The number of alkyl halides is 3. The number of aromatic nitrogens is 1. The SMILES string of the molecule is COc1c(Oc2ccc(C(F)(F)F)nc2)ccc2c1OCCC2CC=CN. The second-order valence-corrected chi connectivity index (χ2v) is 5.99. The normalized spacial score (nSPS) is 16.7. The molecule has 3 rings (SSSR count). The van der Waals surface area contributed by atoms with E-state index in [2.05, 4.69) is 4.98 Å². The Kier molecular flexibility index (Phi) is 5.43. The molecule has 1 aromatic carbocycles. The standard InChI is InChI=1S/C19H19F3N2O3/c1-25-18-15(27-13-4-7-16(24-11-13)19(20,21)22)6-5-14-12(3-2-9-23)8-10-26-17(14)18/h2,4-7,9,11-12H,3,8,10,23H2,1H3. The predicted octanol–water partition coefficient (Wildman–Crippen LogP) is 4.63. The molecule has 0 saturated carbocycles. The van der Waals surface area contributed by atoms with Crippen LogP contribution in [-0.2, 0) is 6.18 Å². The molecule has 1 aliphatic heterocycles. The van der Waals surface area contributed by atoms with Crippen molar-refractivity contribution >= 4 is 0 Å². The Bertz CT molecular complexity index is 820. The third-order valence-corrected chi connectivity index (χ3v) is 4.27. The first-order chi connectivity index (χ1) is 12.9. The van der Waals surface area contributed by atoms with E-state index in [0.717, 1.165) is 30.7 Å². The van der Waals surface area contributed by atoms with E-state index in [0.29, 0.717) is 23.9 Å². The number of rotatable bonds is 5. The summed E-state index contributed by atoms with van der Waals surface area (Å²) in [7, 11) is 1.49. The highest BCUT2D eigenvalue weighted by atomic mass is 19.4. The number of pyridine rings is 1. The van der Waals surface area contributed by atoms with Crippen LogP contribution in [-0.4, -0.2) is 18.7 Å². The summed E-state index contributed by atoms with van der Waals surface area (Å²) < 4.78 is 54.8. The van der Waals surface area contributed by atoms with Gasteiger partial charge in [-0.15, -0.1) is 0 Å². The lowest BCUT2D eigenvalue weighted by atomic mass is 9.90. The number of hydrogen-bond donors (Lipinski definition) is 1. The summed E-state index contributed by atoms with van der Waals surface area (Å²) in [6, 6.07) is 5.67. The summed E-state index contributed by atoms with van der Waals surface area (Å²) in [4.78, 5) is 3.39. The molecule has 0 amide bonds. The van der Waals surface area contributed by atoms with E-state index in [1.807, 2.05) is 12.1 Å². The third kappa shape index (κ3) is 4.10. The van der Waals surface area contributed by atoms with Gasteiger partial charge in [0.05, 0.1) is 19.9 Å². The summed E-state index contributed by atoms with van der Waals surface area (Å²) in [5, 5.41) is 0. The van der Waals surface area contributed by atoms with Crippen molar-refractivity contribution in [1.29, 1.82) is 0 Å². The highest BCUT2D eigenvalue weighted by Gasteiger charge is 2.32. The summed E-state index contributed by atoms with van der Waals surface area (Å²) in [5.41, 5.74) is 5.44. The Morgan fingerprint density at radius 2 is 2.11 bits per heavy atom. The van der Waals surface area contributed by atoms with Gasteiger partial charge in [0.2, 0.25) is 5.75 Å². The fraction of sp³-hybridized carbons (Fsp3) is 0.316. The van der Waals surface area contributed by atoms with Crippen LogP contribution in [0.25, 0.3) is 0 Å². The second-order valence-electron chi connectivity index (χ2n) is 5.99. The smallest absolute Gasteiger partial charge is 0.433 e. The van der Waals surface area contributed by atoms with Crippen molar-refractivity contribution in [1.82, 2.24) is 4.98 Å². The Morgan fingerprint density at radius 1 is 1.30 bits per heavy atom. The molecular weight excluding hydrogens is 361 g/mol. The first kappa shape index (κ1) is 18.9. The van der Waals surface area contributed by atoms with Gasteiger partial charge in [-0.25, -0.2) is 4.98 Å². The van der Waals surface area contributed by atoms with E-state index >= 15 is 0 Å². The Labute approximate surface area is 154 Å². The number of hydrogen-bond acceptors (Lipinski definition) is 5. The molecular formula is C19H19F3N2O3. The maximum atomic E-state index is 12.6. The van der Waals surface area contributed by atoms with Gasteiger partial charge in [0.1, 0.15) is 11.4 Å². The molecule has 0 radical (unpaired) electrons. The topological polar surface area (TPSA) is 66.6 Å². The van der Waals surface area contributed by atoms with Crippen molar-refractivity contribution in [2.45, 2.75) is 24.9 Å². The van der Waals surface area contributed by atoms with Crippen LogP contribution < -0.4 is 19.9 Å². The number of nitrogens with two attached hydrogens (primary N) is 1. The monoisotopic (exact) mass is 380 g/mol.